The number of aliphatic hydroxyl groups excluding tert-OH is 1. The number of nitrogens with zero attached hydrogens (tertiary/aromatic N) is 1. The van der Waals surface area contributed by atoms with Gasteiger partial charge in [0.15, 0.2) is 0 Å². The van der Waals surface area contributed by atoms with Crippen molar-refractivity contribution < 1.29 is 14.6 Å². The maximum Gasteiger partial charge on any atom is 0.0933 e. The van der Waals surface area contributed by atoms with Gasteiger partial charge in [0.2, 0.25) is 0 Å². The van der Waals surface area contributed by atoms with Crippen LogP contribution < -0.4 is 0 Å². The summed E-state index contributed by atoms with van der Waals surface area (Å²) < 4.78 is 11.1. The topological polar surface area (TPSA) is 41.9 Å². The molecule has 0 aromatic carbocycles. The number of aliphatic hydroxyl groups is 1. The molecule has 4 atom stereocenters. The molecule has 2 aliphatic rings. The largest absolute Gasteiger partial charge is 0.394 e. The first-order valence-corrected chi connectivity index (χ1v) is 6.75. The third-order valence-electron chi connectivity index (χ3n) is 4.16. The third-order valence-corrected chi connectivity index (χ3v) is 4.16. The first-order valence-electron chi connectivity index (χ1n) is 6.75. The molecule has 4 unspecified atom stereocenters. The Bertz CT molecular complexity index is 237. The molecule has 4 nitrogen and oxygen atoms in total. The Hall–Kier alpha value is -0.160. The molecular weight excluding hydrogens is 218 g/mol. The molecule has 100 valence electrons. The number of ether oxygens (including phenoxy) is 2. The van der Waals surface area contributed by atoms with E-state index in [2.05, 4.69) is 11.8 Å². The first-order chi connectivity index (χ1) is 8.24. The van der Waals surface area contributed by atoms with Crippen molar-refractivity contribution in [2.24, 2.45) is 0 Å². The van der Waals surface area contributed by atoms with Crippen LogP contribution in [0, 0.1) is 0 Å². The van der Waals surface area contributed by atoms with Crippen molar-refractivity contribution in [3.8, 4) is 0 Å². The summed E-state index contributed by atoms with van der Waals surface area (Å²) in [5.74, 6) is 0. The molecule has 0 radical (unpaired) electrons. The Kier molecular flexibility index (Phi) is 4.79. The monoisotopic (exact) mass is 243 g/mol. The zero-order chi connectivity index (χ0) is 12.3. The average molecular weight is 243 g/mol. The highest BCUT2D eigenvalue weighted by molar-refractivity contribution is 4.87. The maximum absolute atomic E-state index is 9.22. The lowest BCUT2D eigenvalue weighted by molar-refractivity contribution is -0.102. The highest BCUT2D eigenvalue weighted by Gasteiger charge is 2.33. The molecule has 1 saturated carbocycles. The van der Waals surface area contributed by atoms with Gasteiger partial charge in [0, 0.05) is 25.7 Å². The molecule has 1 heterocycles. The van der Waals surface area contributed by atoms with Crippen molar-refractivity contribution in [1.82, 2.24) is 4.90 Å². The summed E-state index contributed by atoms with van der Waals surface area (Å²) in [4.78, 5) is 2.51. The zero-order valence-electron chi connectivity index (χ0n) is 11.0. The van der Waals surface area contributed by atoms with E-state index in [1.54, 1.807) is 0 Å². The molecular formula is C13H25NO3. The van der Waals surface area contributed by atoms with Crippen LogP contribution in [0.1, 0.15) is 32.6 Å². The first kappa shape index (κ1) is 13.3. The quantitative estimate of drug-likeness (QED) is 0.804. The predicted octanol–water partition coefficient (Wildman–Crippen LogP) is 1.03. The van der Waals surface area contributed by atoms with Crippen LogP contribution in [-0.2, 0) is 9.47 Å². The Balaban J connectivity index is 1.94. The second kappa shape index (κ2) is 6.14. The summed E-state index contributed by atoms with van der Waals surface area (Å²) in [5.41, 5.74) is 0. The third kappa shape index (κ3) is 3.19. The molecule has 0 aromatic rings. The Morgan fingerprint density at radius 3 is 2.94 bits per heavy atom. The minimum absolute atomic E-state index is 0.00544. The molecule has 17 heavy (non-hydrogen) atoms. The molecule has 0 aromatic heterocycles. The lowest BCUT2D eigenvalue weighted by Crippen LogP contribution is -2.55. The summed E-state index contributed by atoms with van der Waals surface area (Å²) in [6.45, 7) is 3.94. The van der Waals surface area contributed by atoms with E-state index in [0.29, 0.717) is 18.2 Å². The van der Waals surface area contributed by atoms with Crippen LogP contribution in [0.25, 0.3) is 0 Å². The minimum atomic E-state index is -0.00544. The van der Waals surface area contributed by atoms with E-state index >= 15 is 0 Å². The van der Waals surface area contributed by atoms with Crippen LogP contribution >= 0.6 is 0 Å². The molecule has 0 bridgehead atoms. The van der Waals surface area contributed by atoms with E-state index in [1.165, 1.54) is 19.3 Å². The van der Waals surface area contributed by atoms with Crippen LogP contribution in [0.2, 0.25) is 0 Å². The summed E-state index contributed by atoms with van der Waals surface area (Å²) in [5, 5.41) is 9.22. The number of hydrogen-bond donors (Lipinski definition) is 1. The highest BCUT2D eigenvalue weighted by atomic mass is 16.5. The van der Waals surface area contributed by atoms with E-state index in [1.807, 2.05) is 7.11 Å². The molecule has 2 fully saturated rings. The second-order valence-corrected chi connectivity index (χ2v) is 5.36. The van der Waals surface area contributed by atoms with Gasteiger partial charge < -0.3 is 14.6 Å². The smallest absolute Gasteiger partial charge is 0.0933 e. The average Bonchev–Trinajstić information content (AvgIpc) is 2.39. The van der Waals surface area contributed by atoms with Crippen molar-refractivity contribution in [2.75, 3.05) is 26.9 Å². The fourth-order valence-electron chi connectivity index (χ4n) is 3.09. The number of methoxy groups -OCH3 is 1. The SMILES string of the molecule is COC1CCCC(N2CC(CO)OCC2C)C1. The van der Waals surface area contributed by atoms with Gasteiger partial charge in [0.1, 0.15) is 0 Å². The van der Waals surface area contributed by atoms with Gasteiger partial charge in [-0.2, -0.15) is 0 Å². The van der Waals surface area contributed by atoms with Gasteiger partial charge >= 0.3 is 0 Å². The van der Waals surface area contributed by atoms with Crippen molar-refractivity contribution in [1.29, 1.82) is 0 Å². The minimum Gasteiger partial charge on any atom is -0.394 e. The van der Waals surface area contributed by atoms with E-state index in [0.717, 1.165) is 19.6 Å². The van der Waals surface area contributed by atoms with Crippen molar-refractivity contribution in [2.45, 2.75) is 56.9 Å². The predicted molar refractivity (Wildman–Crippen MR) is 66.0 cm³/mol. The number of hydrogen-bond acceptors (Lipinski definition) is 4. The van der Waals surface area contributed by atoms with Gasteiger partial charge in [-0.15, -0.1) is 0 Å². The summed E-state index contributed by atoms with van der Waals surface area (Å²) in [6.07, 6.45) is 5.22. The lowest BCUT2D eigenvalue weighted by atomic mass is 9.90. The van der Waals surface area contributed by atoms with Gasteiger partial charge in [0.05, 0.1) is 25.4 Å². The fourth-order valence-corrected chi connectivity index (χ4v) is 3.09. The van der Waals surface area contributed by atoms with E-state index < -0.39 is 0 Å². The lowest BCUT2D eigenvalue weighted by Gasteiger charge is -2.44. The van der Waals surface area contributed by atoms with Crippen LogP contribution in [0.5, 0.6) is 0 Å². The van der Waals surface area contributed by atoms with Gasteiger partial charge in [-0.3, -0.25) is 4.90 Å². The summed E-state index contributed by atoms with van der Waals surface area (Å²) >= 11 is 0. The van der Waals surface area contributed by atoms with Gasteiger partial charge in [-0.1, -0.05) is 0 Å². The van der Waals surface area contributed by atoms with Gasteiger partial charge in [-0.05, 0) is 32.6 Å². The fraction of sp³-hybridized carbons (Fsp3) is 1.00. The van der Waals surface area contributed by atoms with E-state index in [-0.39, 0.29) is 12.7 Å². The van der Waals surface area contributed by atoms with Crippen LogP contribution in [0.3, 0.4) is 0 Å². The molecule has 1 aliphatic carbocycles. The Labute approximate surface area is 104 Å². The molecule has 0 amide bonds. The van der Waals surface area contributed by atoms with Crippen LogP contribution in [0.15, 0.2) is 0 Å². The molecule has 0 spiro atoms. The highest BCUT2D eigenvalue weighted by Crippen LogP contribution is 2.28. The Morgan fingerprint density at radius 1 is 1.41 bits per heavy atom. The Morgan fingerprint density at radius 2 is 2.24 bits per heavy atom. The van der Waals surface area contributed by atoms with Gasteiger partial charge in [-0.25, -0.2) is 0 Å². The van der Waals surface area contributed by atoms with Crippen LogP contribution in [0.4, 0.5) is 0 Å². The van der Waals surface area contributed by atoms with Crippen LogP contribution in [-0.4, -0.2) is 61.2 Å². The number of morpholine rings is 1. The summed E-state index contributed by atoms with van der Waals surface area (Å²) in [6, 6.07) is 1.06. The second-order valence-electron chi connectivity index (χ2n) is 5.36. The maximum atomic E-state index is 9.22. The standard InChI is InChI=1S/C13H25NO3/c1-10-9-17-13(8-15)7-14(10)11-4-3-5-12(6-11)16-2/h10-13,15H,3-9H2,1-2H3. The summed E-state index contributed by atoms with van der Waals surface area (Å²) in [7, 11) is 1.81. The van der Waals surface area contributed by atoms with Crippen molar-refractivity contribution >= 4 is 0 Å². The molecule has 1 saturated heterocycles. The van der Waals surface area contributed by atoms with E-state index in [4.69, 9.17) is 9.47 Å². The van der Waals surface area contributed by atoms with Crippen molar-refractivity contribution in [3.63, 3.8) is 0 Å². The molecule has 4 heteroatoms. The van der Waals surface area contributed by atoms with Crippen molar-refractivity contribution in [3.05, 3.63) is 0 Å². The molecule has 1 N–H and O–H groups in total. The van der Waals surface area contributed by atoms with E-state index in [9.17, 15) is 5.11 Å². The number of rotatable bonds is 3. The zero-order valence-corrected chi connectivity index (χ0v) is 11.0. The normalized spacial score (nSPS) is 40.4. The molecule has 2 rings (SSSR count). The molecule has 1 aliphatic heterocycles. The van der Waals surface area contributed by atoms with Gasteiger partial charge in [0.25, 0.3) is 0 Å².